The van der Waals surface area contributed by atoms with Crippen LogP contribution in [-0.2, 0) is 9.84 Å². The Morgan fingerprint density at radius 2 is 2.24 bits per heavy atom. The summed E-state index contributed by atoms with van der Waals surface area (Å²) < 4.78 is 25.1. The zero-order chi connectivity index (χ0) is 15.2. The van der Waals surface area contributed by atoms with Crippen LogP contribution < -0.4 is 5.73 Å². The lowest BCUT2D eigenvalue weighted by Gasteiger charge is -2.11. The van der Waals surface area contributed by atoms with Gasteiger partial charge in [0.15, 0.2) is 9.84 Å². The summed E-state index contributed by atoms with van der Waals surface area (Å²) in [6.45, 7) is 4.16. The van der Waals surface area contributed by atoms with Crippen LogP contribution in [0.15, 0.2) is 16.8 Å². The Kier molecular flexibility index (Phi) is 3.57. The van der Waals surface area contributed by atoms with E-state index < -0.39 is 9.84 Å². The van der Waals surface area contributed by atoms with Crippen LogP contribution in [0, 0.1) is 0 Å². The Labute approximate surface area is 128 Å². The number of anilines is 1. The van der Waals surface area contributed by atoms with E-state index in [2.05, 4.69) is 18.9 Å². The SMILES string of the molecule is CC(C)c1c(-c2ccsc2)nn(C2CCS(=O)(=O)C2)c1N. The van der Waals surface area contributed by atoms with E-state index >= 15 is 0 Å². The molecular weight excluding hydrogens is 306 g/mol. The average Bonchev–Trinajstić information content (AvgIpc) is 3.07. The van der Waals surface area contributed by atoms with Gasteiger partial charge >= 0.3 is 0 Å². The van der Waals surface area contributed by atoms with E-state index in [9.17, 15) is 8.42 Å². The molecule has 0 spiro atoms. The van der Waals surface area contributed by atoms with E-state index in [4.69, 9.17) is 5.73 Å². The van der Waals surface area contributed by atoms with Crippen molar-refractivity contribution < 1.29 is 8.42 Å². The summed E-state index contributed by atoms with van der Waals surface area (Å²) in [5.74, 6) is 1.21. The minimum absolute atomic E-state index is 0.138. The van der Waals surface area contributed by atoms with Crippen LogP contribution in [-0.4, -0.2) is 29.7 Å². The van der Waals surface area contributed by atoms with Gasteiger partial charge in [0.05, 0.1) is 23.2 Å². The maximum absolute atomic E-state index is 11.7. The fourth-order valence-corrected chi connectivity index (χ4v) is 5.22. The van der Waals surface area contributed by atoms with E-state index in [1.165, 1.54) is 0 Å². The van der Waals surface area contributed by atoms with Crippen LogP contribution in [0.4, 0.5) is 5.82 Å². The molecule has 1 aliphatic rings. The van der Waals surface area contributed by atoms with Gasteiger partial charge in [-0.3, -0.25) is 0 Å². The number of hydrogen-bond donors (Lipinski definition) is 1. The number of sulfone groups is 1. The molecule has 0 saturated carbocycles. The van der Waals surface area contributed by atoms with Crippen LogP contribution >= 0.6 is 11.3 Å². The molecule has 3 heterocycles. The highest BCUT2D eigenvalue weighted by Gasteiger charge is 2.32. The Balaban J connectivity index is 2.09. The van der Waals surface area contributed by atoms with Crippen molar-refractivity contribution >= 4 is 27.0 Å². The van der Waals surface area contributed by atoms with Gasteiger partial charge in [0, 0.05) is 16.5 Å². The van der Waals surface area contributed by atoms with Crippen LogP contribution in [0.25, 0.3) is 11.3 Å². The lowest BCUT2D eigenvalue weighted by atomic mass is 10.00. The molecular formula is C14H19N3O2S2. The average molecular weight is 325 g/mol. The molecule has 21 heavy (non-hydrogen) atoms. The lowest BCUT2D eigenvalue weighted by Crippen LogP contribution is -2.15. The molecule has 2 aromatic rings. The topological polar surface area (TPSA) is 78.0 Å². The molecule has 0 aliphatic carbocycles. The zero-order valence-electron chi connectivity index (χ0n) is 12.1. The van der Waals surface area contributed by atoms with Crippen LogP contribution in [0.3, 0.4) is 0 Å². The zero-order valence-corrected chi connectivity index (χ0v) is 13.7. The fourth-order valence-electron chi connectivity index (χ4n) is 2.89. The van der Waals surface area contributed by atoms with Crippen molar-refractivity contribution in [3.63, 3.8) is 0 Å². The summed E-state index contributed by atoms with van der Waals surface area (Å²) in [5.41, 5.74) is 9.23. The van der Waals surface area contributed by atoms with Gasteiger partial charge in [-0.2, -0.15) is 16.4 Å². The van der Waals surface area contributed by atoms with Crippen molar-refractivity contribution in [2.24, 2.45) is 0 Å². The van der Waals surface area contributed by atoms with Gasteiger partial charge in [0.2, 0.25) is 0 Å². The Morgan fingerprint density at radius 3 is 2.76 bits per heavy atom. The maximum Gasteiger partial charge on any atom is 0.152 e. The Morgan fingerprint density at radius 1 is 1.48 bits per heavy atom. The second-order valence-electron chi connectivity index (χ2n) is 5.82. The first kappa shape index (κ1) is 14.6. The minimum atomic E-state index is -2.95. The summed E-state index contributed by atoms with van der Waals surface area (Å²) in [6, 6.07) is 1.88. The lowest BCUT2D eigenvalue weighted by molar-refractivity contribution is 0.507. The number of nitrogens with zero attached hydrogens (tertiary/aromatic N) is 2. The van der Waals surface area contributed by atoms with Gasteiger partial charge in [-0.25, -0.2) is 13.1 Å². The standard InChI is InChI=1S/C14H19N3O2S2/c1-9(2)12-13(10-3-5-20-7-10)16-17(14(12)15)11-4-6-21(18,19)8-11/h3,5,7,9,11H,4,6,8,15H2,1-2H3. The van der Waals surface area contributed by atoms with E-state index in [0.29, 0.717) is 12.2 Å². The largest absolute Gasteiger partial charge is 0.384 e. The van der Waals surface area contributed by atoms with Gasteiger partial charge in [0.25, 0.3) is 0 Å². The normalized spacial score (nSPS) is 21.2. The molecule has 1 saturated heterocycles. The van der Waals surface area contributed by atoms with Crippen LogP contribution in [0.5, 0.6) is 0 Å². The molecule has 7 heteroatoms. The van der Waals surface area contributed by atoms with Crippen LogP contribution in [0.2, 0.25) is 0 Å². The van der Waals surface area contributed by atoms with Crippen LogP contribution in [0.1, 0.15) is 37.8 Å². The van der Waals surface area contributed by atoms with Crippen molar-refractivity contribution in [1.82, 2.24) is 9.78 Å². The second-order valence-corrected chi connectivity index (χ2v) is 8.82. The molecule has 1 fully saturated rings. The van der Waals surface area contributed by atoms with Gasteiger partial charge in [-0.15, -0.1) is 0 Å². The molecule has 0 amide bonds. The number of hydrogen-bond acceptors (Lipinski definition) is 5. The van der Waals surface area contributed by atoms with Gasteiger partial charge < -0.3 is 5.73 Å². The second kappa shape index (κ2) is 5.14. The summed E-state index contributed by atoms with van der Waals surface area (Å²) in [7, 11) is -2.95. The molecule has 1 aliphatic heterocycles. The number of nitrogens with two attached hydrogens (primary N) is 1. The third-order valence-electron chi connectivity index (χ3n) is 3.91. The van der Waals surface area contributed by atoms with Crippen molar-refractivity contribution in [2.45, 2.75) is 32.2 Å². The molecule has 5 nitrogen and oxygen atoms in total. The van der Waals surface area contributed by atoms with Crippen molar-refractivity contribution in [3.8, 4) is 11.3 Å². The molecule has 0 aromatic carbocycles. The van der Waals surface area contributed by atoms with Crippen molar-refractivity contribution in [3.05, 3.63) is 22.4 Å². The first-order valence-electron chi connectivity index (χ1n) is 7.00. The number of aromatic nitrogens is 2. The molecule has 0 bridgehead atoms. The quantitative estimate of drug-likeness (QED) is 0.941. The van der Waals surface area contributed by atoms with Gasteiger partial charge in [-0.1, -0.05) is 13.8 Å². The molecule has 1 unspecified atom stereocenters. The van der Waals surface area contributed by atoms with E-state index in [-0.39, 0.29) is 23.5 Å². The first-order valence-corrected chi connectivity index (χ1v) is 9.76. The van der Waals surface area contributed by atoms with Crippen molar-refractivity contribution in [1.29, 1.82) is 0 Å². The summed E-state index contributed by atoms with van der Waals surface area (Å²) in [4.78, 5) is 0. The Bertz CT molecular complexity index is 746. The highest BCUT2D eigenvalue weighted by Crippen LogP contribution is 2.37. The predicted octanol–water partition coefficient (Wildman–Crippen LogP) is 2.68. The molecule has 2 N–H and O–H groups in total. The monoisotopic (exact) mass is 325 g/mol. The van der Waals surface area contributed by atoms with E-state index in [0.717, 1.165) is 16.8 Å². The number of thiophene rings is 1. The third kappa shape index (κ3) is 2.60. The summed E-state index contributed by atoms with van der Waals surface area (Å²) in [5, 5.41) is 8.71. The smallest absolute Gasteiger partial charge is 0.152 e. The minimum Gasteiger partial charge on any atom is -0.384 e. The summed E-state index contributed by atoms with van der Waals surface area (Å²) in [6.07, 6.45) is 0.592. The Hall–Kier alpha value is -1.34. The fraction of sp³-hybridized carbons (Fsp3) is 0.500. The van der Waals surface area contributed by atoms with E-state index in [1.807, 2.05) is 16.8 Å². The molecule has 0 radical (unpaired) electrons. The molecule has 1 atom stereocenters. The number of rotatable bonds is 3. The summed E-state index contributed by atoms with van der Waals surface area (Å²) >= 11 is 1.62. The first-order chi connectivity index (χ1) is 9.89. The molecule has 114 valence electrons. The van der Waals surface area contributed by atoms with Crippen molar-refractivity contribution in [2.75, 3.05) is 17.2 Å². The predicted molar refractivity (Wildman–Crippen MR) is 86.3 cm³/mol. The number of nitrogen functional groups attached to an aromatic ring is 1. The highest BCUT2D eigenvalue weighted by molar-refractivity contribution is 7.91. The molecule has 3 rings (SSSR count). The van der Waals surface area contributed by atoms with E-state index in [1.54, 1.807) is 16.0 Å². The third-order valence-corrected chi connectivity index (χ3v) is 6.35. The molecule has 2 aromatic heterocycles. The maximum atomic E-state index is 11.7. The van der Waals surface area contributed by atoms with Gasteiger partial charge in [0.1, 0.15) is 5.82 Å². The highest BCUT2D eigenvalue weighted by atomic mass is 32.2. The van der Waals surface area contributed by atoms with Gasteiger partial charge in [-0.05, 0) is 23.8 Å².